The van der Waals surface area contributed by atoms with Gasteiger partial charge in [-0.1, -0.05) is 6.42 Å². The van der Waals surface area contributed by atoms with E-state index >= 15 is 0 Å². The first kappa shape index (κ1) is 10.4. The van der Waals surface area contributed by atoms with Gasteiger partial charge in [0.2, 0.25) is 0 Å². The Morgan fingerprint density at radius 2 is 2.07 bits per heavy atom. The molecule has 2 N–H and O–H groups in total. The van der Waals surface area contributed by atoms with Crippen molar-refractivity contribution in [3.05, 3.63) is 0 Å². The minimum atomic E-state index is 0.262. The fraction of sp³-hybridized carbons (Fsp3) is 1.00. The molecule has 2 heteroatoms. The molecule has 0 aromatic heterocycles. The number of rotatable bonds is 2. The predicted octanol–water partition coefficient (Wildman–Crippen LogP) is 1.76. The maximum absolute atomic E-state index is 3.67. The van der Waals surface area contributed by atoms with Crippen molar-refractivity contribution in [2.24, 2.45) is 11.8 Å². The highest BCUT2D eigenvalue weighted by Gasteiger charge is 2.38. The van der Waals surface area contributed by atoms with Crippen LogP contribution in [0, 0.1) is 11.8 Å². The maximum atomic E-state index is 3.67. The van der Waals surface area contributed by atoms with Crippen molar-refractivity contribution in [3.63, 3.8) is 0 Å². The summed E-state index contributed by atoms with van der Waals surface area (Å²) in [6, 6.07) is 0.738. The van der Waals surface area contributed by atoms with Crippen molar-refractivity contribution in [1.82, 2.24) is 10.6 Å². The number of hydrogen-bond donors (Lipinski definition) is 2. The van der Waals surface area contributed by atoms with Gasteiger partial charge < -0.3 is 10.6 Å². The van der Waals surface area contributed by atoms with Crippen LogP contribution in [0.25, 0.3) is 0 Å². The summed E-state index contributed by atoms with van der Waals surface area (Å²) in [4.78, 5) is 0. The van der Waals surface area contributed by atoms with Crippen LogP contribution in [0.15, 0.2) is 0 Å². The van der Waals surface area contributed by atoms with Crippen LogP contribution in [0.2, 0.25) is 0 Å². The Balaban J connectivity index is 1.81. The molecule has 14 heavy (non-hydrogen) atoms. The highest BCUT2D eigenvalue weighted by atomic mass is 15.1. The van der Waals surface area contributed by atoms with Gasteiger partial charge in [-0.05, 0) is 52.0 Å². The number of hydrogen-bond acceptors (Lipinski definition) is 2. The first-order valence-corrected chi connectivity index (χ1v) is 6.05. The molecule has 0 spiro atoms. The van der Waals surface area contributed by atoms with Gasteiger partial charge in [0.1, 0.15) is 0 Å². The van der Waals surface area contributed by atoms with E-state index in [0.717, 1.165) is 24.4 Å². The third-order valence-electron chi connectivity index (χ3n) is 3.73. The fourth-order valence-corrected chi connectivity index (χ4v) is 2.94. The van der Waals surface area contributed by atoms with E-state index in [-0.39, 0.29) is 5.54 Å². The van der Waals surface area contributed by atoms with Crippen LogP contribution in [0.1, 0.15) is 40.0 Å². The van der Waals surface area contributed by atoms with Crippen LogP contribution in [0.5, 0.6) is 0 Å². The van der Waals surface area contributed by atoms with Crippen LogP contribution in [0.3, 0.4) is 0 Å². The zero-order valence-corrected chi connectivity index (χ0v) is 9.77. The SMILES string of the molecule is CC(C)(C)NCC1NCC2CCCC21. The lowest BCUT2D eigenvalue weighted by molar-refractivity contribution is 0.343. The van der Waals surface area contributed by atoms with Gasteiger partial charge in [-0.2, -0.15) is 0 Å². The van der Waals surface area contributed by atoms with E-state index < -0.39 is 0 Å². The van der Waals surface area contributed by atoms with Crippen molar-refractivity contribution in [2.45, 2.75) is 51.6 Å². The van der Waals surface area contributed by atoms with Gasteiger partial charge in [-0.25, -0.2) is 0 Å². The van der Waals surface area contributed by atoms with Crippen molar-refractivity contribution >= 4 is 0 Å². The molecule has 1 saturated carbocycles. The van der Waals surface area contributed by atoms with Crippen LogP contribution >= 0.6 is 0 Å². The Morgan fingerprint density at radius 3 is 2.79 bits per heavy atom. The summed E-state index contributed by atoms with van der Waals surface area (Å²) >= 11 is 0. The van der Waals surface area contributed by atoms with E-state index in [4.69, 9.17) is 0 Å². The van der Waals surface area contributed by atoms with Crippen molar-refractivity contribution in [3.8, 4) is 0 Å². The third-order valence-corrected chi connectivity index (χ3v) is 3.73. The molecule has 2 aliphatic rings. The van der Waals surface area contributed by atoms with Gasteiger partial charge in [0.05, 0.1) is 0 Å². The molecule has 0 aromatic carbocycles. The summed E-state index contributed by atoms with van der Waals surface area (Å²) in [5.41, 5.74) is 0.262. The summed E-state index contributed by atoms with van der Waals surface area (Å²) in [6.45, 7) is 9.14. The predicted molar refractivity (Wildman–Crippen MR) is 60.4 cm³/mol. The van der Waals surface area contributed by atoms with E-state index in [9.17, 15) is 0 Å². The quantitative estimate of drug-likeness (QED) is 0.703. The second-order valence-electron chi connectivity index (χ2n) is 6.00. The first-order valence-electron chi connectivity index (χ1n) is 6.05. The van der Waals surface area contributed by atoms with Crippen LogP contribution < -0.4 is 10.6 Å². The lowest BCUT2D eigenvalue weighted by atomic mass is 9.93. The fourth-order valence-electron chi connectivity index (χ4n) is 2.94. The van der Waals surface area contributed by atoms with E-state index in [0.29, 0.717) is 0 Å². The lowest BCUT2D eigenvalue weighted by Gasteiger charge is -2.26. The normalized spacial score (nSPS) is 37.5. The summed E-state index contributed by atoms with van der Waals surface area (Å²) in [6.07, 6.45) is 4.38. The topological polar surface area (TPSA) is 24.1 Å². The van der Waals surface area contributed by atoms with Crippen molar-refractivity contribution < 1.29 is 0 Å². The van der Waals surface area contributed by atoms with Gasteiger partial charge in [0.25, 0.3) is 0 Å². The molecule has 2 rings (SSSR count). The highest BCUT2D eigenvalue weighted by Crippen LogP contribution is 2.37. The first-order chi connectivity index (χ1) is 6.56. The van der Waals surface area contributed by atoms with Crippen LogP contribution in [-0.2, 0) is 0 Å². The summed E-state index contributed by atoms with van der Waals surface area (Å²) < 4.78 is 0. The molecule has 0 aromatic rings. The molecule has 1 heterocycles. The average molecular weight is 196 g/mol. The molecule has 3 atom stereocenters. The second kappa shape index (κ2) is 3.82. The Kier molecular flexibility index (Phi) is 2.85. The number of fused-ring (bicyclic) bond motifs is 1. The molecule has 0 radical (unpaired) electrons. The smallest absolute Gasteiger partial charge is 0.0224 e. The van der Waals surface area contributed by atoms with Crippen molar-refractivity contribution in [1.29, 1.82) is 0 Å². The van der Waals surface area contributed by atoms with Gasteiger partial charge in [0, 0.05) is 18.1 Å². The summed E-state index contributed by atoms with van der Waals surface area (Å²) in [7, 11) is 0. The highest BCUT2D eigenvalue weighted by molar-refractivity contribution is 4.95. The molecule has 3 unspecified atom stereocenters. The van der Waals surface area contributed by atoms with E-state index in [1.54, 1.807) is 0 Å². The van der Waals surface area contributed by atoms with Gasteiger partial charge in [0.15, 0.2) is 0 Å². The van der Waals surface area contributed by atoms with Gasteiger partial charge in [-0.3, -0.25) is 0 Å². The average Bonchev–Trinajstić information content (AvgIpc) is 2.59. The van der Waals surface area contributed by atoms with E-state index in [1.807, 2.05) is 0 Å². The van der Waals surface area contributed by atoms with Crippen molar-refractivity contribution in [2.75, 3.05) is 13.1 Å². The second-order valence-corrected chi connectivity index (χ2v) is 6.00. The molecular formula is C12H24N2. The molecule has 1 aliphatic carbocycles. The molecule has 1 saturated heterocycles. The molecular weight excluding hydrogens is 172 g/mol. The summed E-state index contributed by atoms with van der Waals surface area (Å²) in [5, 5.41) is 7.28. The Bertz CT molecular complexity index is 195. The van der Waals surface area contributed by atoms with Crippen LogP contribution in [-0.4, -0.2) is 24.7 Å². The zero-order chi connectivity index (χ0) is 10.2. The monoisotopic (exact) mass is 196 g/mol. The lowest BCUT2D eigenvalue weighted by Crippen LogP contribution is -2.45. The molecule has 0 amide bonds. The Hall–Kier alpha value is -0.0800. The Labute approximate surface area is 87.8 Å². The zero-order valence-electron chi connectivity index (χ0n) is 9.77. The van der Waals surface area contributed by atoms with Gasteiger partial charge in [-0.15, -0.1) is 0 Å². The molecule has 1 aliphatic heterocycles. The minimum Gasteiger partial charge on any atom is -0.312 e. The molecule has 2 nitrogen and oxygen atoms in total. The molecule has 2 fully saturated rings. The maximum Gasteiger partial charge on any atom is 0.0224 e. The number of nitrogens with one attached hydrogen (secondary N) is 2. The standard InChI is InChI=1S/C12H24N2/c1-12(2,3)14-8-11-10-6-4-5-9(10)7-13-11/h9-11,13-14H,4-8H2,1-3H3. The minimum absolute atomic E-state index is 0.262. The van der Waals surface area contributed by atoms with Crippen LogP contribution in [0.4, 0.5) is 0 Å². The van der Waals surface area contributed by atoms with E-state index in [2.05, 4.69) is 31.4 Å². The third kappa shape index (κ3) is 2.29. The summed E-state index contributed by atoms with van der Waals surface area (Å²) in [5.74, 6) is 1.95. The largest absolute Gasteiger partial charge is 0.312 e. The van der Waals surface area contributed by atoms with Gasteiger partial charge >= 0.3 is 0 Å². The molecule has 82 valence electrons. The van der Waals surface area contributed by atoms with E-state index in [1.165, 1.54) is 25.8 Å². The Morgan fingerprint density at radius 1 is 1.29 bits per heavy atom. The molecule has 0 bridgehead atoms.